The lowest BCUT2D eigenvalue weighted by Crippen LogP contribution is -2.43. The zero-order valence-corrected chi connectivity index (χ0v) is 11.9. The summed E-state index contributed by atoms with van der Waals surface area (Å²) in [6.45, 7) is 7.43. The van der Waals surface area contributed by atoms with Gasteiger partial charge in [0.15, 0.2) is 0 Å². The minimum atomic E-state index is 0.291. The van der Waals surface area contributed by atoms with Crippen molar-refractivity contribution in [2.45, 2.75) is 44.0 Å². The summed E-state index contributed by atoms with van der Waals surface area (Å²) in [5.74, 6) is 1.14. The molecule has 1 N–H and O–H groups in total. The van der Waals surface area contributed by atoms with E-state index in [0.717, 1.165) is 43.1 Å². The Morgan fingerprint density at radius 1 is 1.56 bits per heavy atom. The molecule has 1 saturated carbocycles. The Bertz CT molecular complexity index is 414. The van der Waals surface area contributed by atoms with Crippen molar-refractivity contribution in [2.75, 3.05) is 23.7 Å². The summed E-state index contributed by atoms with van der Waals surface area (Å²) in [6, 6.07) is 1.51. The molecule has 0 spiro atoms. The molecule has 100 valence electrons. The van der Waals surface area contributed by atoms with Gasteiger partial charge in [0.05, 0.1) is 5.69 Å². The summed E-state index contributed by atoms with van der Waals surface area (Å²) < 4.78 is 5.91. The van der Waals surface area contributed by atoms with E-state index in [2.05, 4.69) is 29.0 Å². The molecule has 18 heavy (non-hydrogen) atoms. The van der Waals surface area contributed by atoms with E-state index in [0.29, 0.717) is 4.75 Å². The molecule has 1 saturated heterocycles. The Hall–Kier alpha value is -0.680. The minimum Gasteiger partial charge on any atom is -0.432 e. The Morgan fingerprint density at radius 3 is 3.11 bits per heavy atom. The summed E-state index contributed by atoms with van der Waals surface area (Å²) in [5.41, 5.74) is 1.02. The minimum absolute atomic E-state index is 0.291. The number of thioether (sulfide) groups is 1. The van der Waals surface area contributed by atoms with E-state index in [9.17, 15) is 0 Å². The fourth-order valence-electron chi connectivity index (χ4n) is 2.24. The molecule has 2 aliphatic rings. The van der Waals surface area contributed by atoms with Crippen LogP contribution in [0.1, 0.15) is 32.4 Å². The summed E-state index contributed by atoms with van der Waals surface area (Å²) >= 11 is 2.02. The van der Waals surface area contributed by atoms with Gasteiger partial charge in [-0.15, -0.1) is 0 Å². The third kappa shape index (κ3) is 3.01. The second-order valence-electron chi connectivity index (χ2n) is 5.81. The highest BCUT2D eigenvalue weighted by atomic mass is 32.2. The number of oxazole rings is 1. The molecule has 1 aromatic rings. The number of nitrogens with zero attached hydrogens (tertiary/aromatic N) is 2. The third-order valence-corrected chi connectivity index (χ3v) is 4.68. The van der Waals surface area contributed by atoms with E-state index >= 15 is 0 Å². The molecule has 0 unspecified atom stereocenters. The summed E-state index contributed by atoms with van der Waals surface area (Å²) in [6.07, 6.45) is 4.41. The van der Waals surface area contributed by atoms with Crippen LogP contribution < -0.4 is 10.2 Å². The molecule has 0 bridgehead atoms. The monoisotopic (exact) mass is 267 g/mol. The maximum absolute atomic E-state index is 5.62. The quantitative estimate of drug-likeness (QED) is 0.906. The van der Waals surface area contributed by atoms with Gasteiger partial charge in [-0.05, 0) is 26.7 Å². The molecule has 1 aliphatic heterocycles. The number of hydrogen-bond donors (Lipinski definition) is 1. The Labute approximate surface area is 113 Å². The van der Waals surface area contributed by atoms with Crippen LogP contribution in [0.5, 0.6) is 0 Å². The van der Waals surface area contributed by atoms with Crippen molar-refractivity contribution in [1.29, 1.82) is 0 Å². The van der Waals surface area contributed by atoms with Crippen LogP contribution in [-0.2, 0) is 6.54 Å². The average molecular weight is 267 g/mol. The van der Waals surface area contributed by atoms with E-state index in [1.807, 2.05) is 11.8 Å². The van der Waals surface area contributed by atoms with Gasteiger partial charge in [-0.25, -0.2) is 0 Å². The van der Waals surface area contributed by atoms with Gasteiger partial charge in [0.1, 0.15) is 6.26 Å². The first-order valence-electron chi connectivity index (χ1n) is 6.69. The molecule has 2 fully saturated rings. The molecular formula is C13H21N3OS. The zero-order chi connectivity index (χ0) is 12.6. The van der Waals surface area contributed by atoms with Gasteiger partial charge < -0.3 is 14.6 Å². The number of rotatable bonds is 4. The smallest absolute Gasteiger partial charge is 0.297 e. The molecule has 5 heteroatoms. The SMILES string of the molecule is CC1(C)CN(c2nc(CNC3CC3)co2)CCS1. The summed E-state index contributed by atoms with van der Waals surface area (Å²) in [4.78, 5) is 6.85. The Balaban J connectivity index is 1.60. The number of hydrogen-bond acceptors (Lipinski definition) is 5. The van der Waals surface area contributed by atoms with Crippen molar-refractivity contribution in [3.05, 3.63) is 12.0 Å². The predicted molar refractivity (Wildman–Crippen MR) is 75.1 cm³/mol. The molecule has 1 aliphatic carbocycles. The van der Waals surface area contributed by atoms with Gasteiger partial charge >= 0.3 is 0 Å². The van der Waals surface area contributed by atoms with Crippen LogP contribution in [-0.4, -0.2) is 34.6 Å². The van der Waals surface area contributed by atoms with Crippen molar-refractivity contribution in [1.82, 2.24) is 10.3 Å². The molecule has 4 nitrogen and oxygen atoms in total. The van der Waals surface area contributed by atoms with Crippen molar-refractivity contribution in [2.24, 2.45) is 0 Å². The highest BCUT2D eigenvalue weighted by Gasteiger charge is 2.29. The highest BCUT2D eigenvalue weighted by Crippen LogP contribution is 2.31. The zero-order valence-electron chi connectivity index (χ0n) is 11.1. The summed E-state index contributed by atoms with van der Waals surface area (Å²) in [7, 11) is 0. The van der Waals surface area contributed by atoms with Gasteiger partial charge in [-0.3, -0.25) is 0 Å². The maximum atomic E-state index is 5.62. The largest absolute Gasteiger partial charge is 0.432 e. The molecule has 0 amide bonds. The Morgan fingerprint density at radius 2 is 2.39 bits per heavy atom. The van der Waals surface area contributed by atoms with E-state index in [4.69, 9.17) is 4.42 Å². The van der Waals surface area contributed by atoms with Gasteiger partial charge in [0, 0.05) is 36.2 Å². The standard InChI is InChI=1S/C13H21N3OS/c1-13(2)9-16(5-6-18-13)12-15-11(8-17-12)7-14-10-3-4-10/h8,10,14H,3-7,9H2,1-2H3. The molecule has 0 aromatic carbocycles. The van der Waals surface area contributed by atoms with Gasteiger partial charge in [0.2, 0.25) is 0 Å². The first kappa shape index (κ1) is 12.4. The fourth-order valence-corrected chi connectivity index (χ4v) is 3.35. The molecule has 2 heterocycles. The Kier molecular flexibility index (Phi) is 3.28. The fraction of sp³-hybridized carbons (Fsp3) is 0.769. The van der Waals surface area contributed by atoms with Crippen LogP contribution in [0.2, 0.25) is 0 Å². The molecule has 0 atom stereocenters. The van der Waals surface area contributed by atoms with Crippen LogP contribution in [0.4, 0.5) is 6.01 Å². The third-order valence-electron chi connectivity index (χ3n) is 3.38. The molecular weight excluding hydrogens is 246 g/mol. The van der Waals surface area contributed by atoms with E-state index in [1.54, 1.807) is 6.26 Å². The number of nitrogens with one attached hydrogen (secondary N) is 1. The van der Waals surface area contributed by atoms with Gasteiger partial charge in [0.25, 0.3) is 6.01 Å². The second-order valence-corrected chi connectivity index (χ2v) is 7.61. The molecule has 0 radical (unpaired) electrons. The van der Waals surface area contributed by atoms with E-state index in [-0.39, 0.29) is 0 Å². The van der Waals surface area contributed by atoms with Crippen molar-refractivity contribution < 1.29 is 4.42 Å². The van der Waals surface area contributed by atoms with Crippen LogP contribution in [0.25, 0.3) is 0 Å². The van der Waals surface area contributed by atoms with Gasteiger partial charge in [-0.2, -0.15) is 16.7 Å². The maximum Gasteiger partial charge on any atom is 0.297 e. The van der Waals surface area contributed by atoms with E-state index < -0.39 is 0 Å². The predicted octanol–water partition coefficient (Wildman–Crippen LogP) is 2.26. The average Bonchev–Trinajstić information content (AvgIpc) is 3.02. The van der Waals surface area contributed by atoms with Gasteiger partial charge in [-0.1, -0.05) is 0 Å². The number of aromatic nitrogens is 1. The lowest BCUT2D eigenvalue weighted by molar-refractivity contribution is 0.516. The first-order valence-corrected chi connectivity index (χ1v) is 7.68. The first-order chi connectivity index (χ1) is 8.62. The summed E-state index contributed by atoms with van der Waals surface area (Å²) in [5, 5.41) is 3.46. The highest BCUT2D eigenvalue weighted by molar-refractivity contribution is 8.00. The van der Waals surface area contributed by atoms with Crippen molar-refractivity contribution >= 4 is 17.8 Å². The topological polar surface area (TPSA) is 41.3 Å². The van der Waals surface area contributed by atoms with E-state index in [1.165, 1.54) is 12.8 Å². The van der Waals surface area contributed by atoms with Crippen molar-refractivity contribution in [3.8, 4) is 0 Å². The van der Waals surface area contributed by atoms with Crippen molar-refractivity contribution in [3.63, 3.8) is 0 Å². The molecule has 1 aromatic heterocycles. The second kappa shape index (κ2) is 4.78. The van der Waals surface area contributed by atoms with Crippen LogP contribution in [0, 0.1) is 0 Å². The van der Waals surface area contributed by atoms with Crippen LogP contribution in [0.3, 0.4) is 0 Å². The van der Waals surface area contributed by atoms with Crippen LogP contribution in [0.15, 0.2) is 10.7 Å². The van der Waals surface area contributed by atoms with Crippen LogP contribution >= 0.6 is 11.8 Å². The lowest BCUT2D eigenvalue weighted by Gasteiger charge is -2.36. The normalized spacial score (nSPS) is 23.3. The number of anilines is 1. The lowest BCUT2D eigenvalue weighted by atomic mass is 10.2. The molecule has 3 rings (SSSR count).